The Labute approximate surface area is 100 Å². The Balaban J connectivity index is 2.65. The Hall–Kier alpha value is -1.31. The van der Waals surface area contributed by atoms with E-state index in [0.29, 0.717) is 0 Å². The second kappa shape index (κ2) is 5.35. The maximum absolute atomic E-state index is 12.5. The van der Waals surface area contributed by atoms with Crippen molar-refractivity contribution in [1.29, 1.82) is 5.41 Å². The largest absolute Gasteiger partial charge is 0.399 e. The average molecular weight is 264 g/mol. The van der Waals surface area contributed by atoms with Gasteiger partial charge in [0.05, 0.1) is 0 Å². The van der Waals surface area contributed by atoms with Gasteiger partial charge in [-0.1, -0.05) is 11.8 Å². The molecule has 1 heterocycles. The molecule has 1 rings (SSSR count). The molecule has 3 N–H and O–H groups in total. The predicted octanol–water partition coefficient (Wildman–Crippen LogP) is 1.99. The third-order valence-corrected chi connectivity index (χ3v) is 2.88. The Bertz CT molecular complexity index is 390. The highest BCUT2D eigenvalue weighted by Crippen LogP contribution is 2.30. The van der Waals surface area contributed by atoms with Crippen LogP contribution >= 0.6 is 11.8 Å². The molecular weight excluding hydrogens is 253 g/mol. The monoisotopic (exact) mass is 264 g/mol. The number of nitrogens with one attached hydrogen (secondary N) is 1. The summed E-state index contributed by atoms with van der Waals surface area (Å²) in [5.41, 5.74) is 5.75. The van der Waals surface area contributed by atoms with E-state index in [1.165, 1.54) is 12.4 Å². The van der Waals surface area contributed by atoms with E-state index >= 15 is 0 Å². The highest BCUT2D eigenvalue weighted by atomic mass is 32.2. The van der Waals surface area contributed by atoms with E-state index in [1.807, 2.05) is 0 Å². The number of hydrogen-bond donors (Lipinski definition) is 2. The molecule has 1 atom stereocenters. The molecule has 0 aliphatic rings. The number of nitrogens with two attached hydrogens (primary N) is 1. The fourth-order valence-electron chi connectivity index (χ4n) is 0.974. The molecule has 0 saturated carbocycles. The van der Waals surface area contributed by atoms with Gasteiger partial charge in [0, 0.05) is 18.1 Å². The number of alkyl halides is 3. The molecular formula is C9H11F3N4S. The first-order valence-corrected chi connectivity index (χ1v) is 5.61. The van der Waals surface area contributed by atoms with Gasteiger partial charge in [0.15, 0.2) is 5.16 Å². The van der Waals surface area contributed by atoms with Crippen LogP contribution in [0.2, 0.25) is 0 Å². The van der Waals surface area contributed by atoms with Crippen molar-refractivity contribution in [2.45, 2.75) is 18.3 Å². The average Bonchev–Trinajstić information content (AvgIpc) is 2.18. The smallest absolute Gasteiger partial charge is 0.387 e. The summed E-state index contributed by atoms with van der Waals surface area (Å²) in [5.74, 6) is -3.24. The molecule has 0 radical (unpaired) electrons. The summed E-state index contributed by atoms with van der Waals surface area (Å²) in [6.07, 6.45) is -1.47. The first-order valence-electron chi connectivity index (χ1n) is 4.62. The van der Waals surface area contributed by atoms with E-state index < -0.39 is 17.9 Å². The zero-order valence-electron chi connectivity index (χ0n) is 8.95. The molecule has 4 nitrogen and oxygen atoms in total. The molecule has 94 valence electrons. The Morgan fingerprint density at radius 1 is 1.47 bits per heavy atom. The van der Waals surface area contributed by atoms with Gasteiger partial charge < -0.3 is 5.73 Å². The topological polar surface area (TPSA) is 75.7 Å². The first kappa shape index (κ1) is 13.8. The summed E-state index contributed by atoms with van der Waals surface area (Å²) in [7, 11) is 0. The fourth-order valence-corrected chi connectivity index (χ4v) is 1.91. The lowest BCUT2D eigenvalue weighted by Gasteiger charge is -2.17. The molecule has 1 unspecified atom stereocenters. The lowest BCUT2D eigenvalue weighted by molar-refractivity contribution is -0.150. The van der Waals surface area contributed by atoms with Gasteiger partial charge >= 0.3 is 6.18 Å². The van der Waals surface area contributed by atoms with E-state index in [4.69, 9.17) is 11.1 Å². The quantitative estimate of drug-likeness (QED) is 0.377. The van der Waals surface area contributed by atoms with Crippen LogP contribution in [0.1, 0.15) is 5.56 Å². The lowest BCUT2D eigenvalue weighted by atomic mass is 10.1. The molecule has 0 aliphatic heterocycles. The fraction of sp³-hybridized carbons (Fsp3) is 0.444. The molecule has 1 aromatic heterocycles. The lowest BCUT2D eigenvalue weighted by Crippen LogP contribution is -2.37. The molecule has 0 bridgehead atoms. The Morgan fingerprint density at radius 3 is 2.41 bits per heavy atom. The molecule has 1 aromatic rings. The van der Waals surface area contributed by atoms with E-state index in [-0.39, 0.29) is 10.9 Å². The van der Waals surface area contributed by atoms with Gasteiger partial charge in [-0.2, -0.15) is 13.2 Å². The SMILES string of the molecule is Cc1cnc(SCC(C(=N)N)C(F)(F)F)nc1. The van der Waals surface area contributed by atoms with Crippen molar-refractivity contribution < 1.29 is 13.2 Å². The van der Waals surface area contributed by atoms with E-state index in [1.54, 1.807) is 6.92 Å². The van der Waals surface area contributed by atoms with Crippen LogP contribution in [-0.4, -0.2) is 27.7 Å². The Kier molecular flexibility index (Phi) is 4.33. The third-order valence-electron chi connectivity index (χ3n) is 1.91. The number of nitrogens with zero attached hydrogens (tertiary/aromatic N) is 2. The molecule has 0 aromatic carbocycles. The van der Waals surface area contributed by atoms with Crippen LogP contribution in [0, 0.1) is 18.3 Å². The highest BCUT2D eigenvalue weighted by Gasteiger charge is 2.41. The van der Waals surface area contributed by atoms with Crippen molar-refractivity contribution in [3.8, 4) is 0 Å². The van der Waals surface area contributed by atoms with Crippen LogP contribution in [0.3, 0.4) is 0 Å². The number of aromatic nitrogens is 2. The molecule has 0 aliphatic carbocycles. The van der Waals surface area contributed by atoms with Crippen LogP contribution in [0.4, 0.5) is 13.2 Å². The zero-order valence-corrected chi connectivity index (χ0v) is 9.77. The second-order valence-electron chi connectivity index (χ2n) is 3.40. The Morgan fingerprint density at radius 2 is 2.00 bits per heavy atom. The van der Waals surface area contributed by atoms with Crippen molar-refractivity contribution in [2.75, 3.05) is 5.75 Å². The summed E-state index contributed by atoms with van der Waals surface area (Å²) < 4.78 is 37.4. The minimum absolute atomic E-state index is 0.242. The van der Waals surface area contributed by atoms with Crippen molar-refractivity contribution >= 4 is 17.6 Å². The normalized spacial score (nSPS) is 13.4. The molecule has 0 amide bonds. The van der Waals surface area contributed by atoms with Crippen LogP contribution in [0.25, 0.3) is 0 Å². The molecule has 0 spiro atoms. The second-order valence-corrected chi connectivity index (χ2v) is 4.39. The van der Waals surface area contributed by atoms with Gasteiger partial charge in [-0.05, 0) is 12.5 Å². The summed E-state index contributed by atoms with van der Waals surface area (Å²) in [5, 5.41) is 7.15. The molecule has 0 fully saturated rings. The predicted molar refractivity (Wildman–Crippen MR) is 59.0 cm³/mol. The van der Waals surface area contributed by atoms with Gasteiger partial charge in [-0.3, -0.25) is 5.41 Å². The maximum atomic E-state index is 12.5. The summed E-state index contributed by atoms with van der Waals surface area (Å²) in [6.45, 7) is 1.78. The van der Waals surface area contributed by atoms with E-state index in [0.717, 1.165) is 17.3 Å². The van der Waals surface area contributed by atoms with Crippen LogP contribution in [-0.2, 0) is 0 Å². The maximum Gasteiger partial charge on any atom is 0.399 e. The van der Waals surface area contributed by atoms with Crippen LogP contribution < -0.4 is 5.73 Å². The number of aryl methyl sites for hydroxylation is 1. The summed E-state index contributed by atoms with van der Waals surface area (Å²) in [6, 6.07) is 0. The van der Waals surface area contributed by atoms with Gasteiger partial charge in [0.1, 0.15) is 11.8 Å². The number of halogens is 3. The van der Waals surface area contributed by atoms with Crippen molar-refractivity contribution in [3.05, 3.63) is 18.0 Å². The van der Waals surface area contributed by atoms with Crippen molar-refractivity contribution in [1.82, 2.24) is 9.97 Å². The molecule has 17 heavy (non-hydrogen) atoms. The number of thioether (sulfide) groups is 1. The third kappa shape index (κ3) is 4.22. The molecule has 0 saturated heterocycles. The minimum Gasteiger partial charge on any atom is -0.387 e. The first-order chi connectivity index (χ1) is 7.80. The van der Waals surface area contributed by atoms with Gasteiger partial charge in [0.2, 0.25) is 0 Å². The van der Waals surface area contributed by atoms with E-state index in [2.05, 4.69) is 9.97 Å². The van der Waals surface area contributed by atoms with Gasteiger partial charge in [-0.15, -0.1) is 0 Å². The number of hydrogen-bond acceptors (Lipinski definition) is 4. The van der Waals surface area contributed by atoms with Crippen LogP contribution in [0.15, 0.2) is 17.6 Å². The minimum atomic E-state index is -4.51. The summed E-state index contributed by atoms with van der Waals surface area (Å²) in [4.78, 5) is 7.73. The van der Waals surface area contributed by atoms with Gasteiger partial charge in [0.25, 0.3) is 0 Å². The molecule has 8 heteroatoms. The summed E-state index contributed by atoms with van der Waals surface area (Å²) >= 11 is 0.829. The van der Waals surface area contributed by atoms with Gasteiger partial charge in [-0.25, -0.2) is 9.97 Å². The van der Waals surface area contributed by atoms with Crippen molar-refractivity contribution in [2.24, 2.45) is 11.7 Å². The highest BCUT2D eigenvalue weighted by molar-refractivity contribution is 7.99. The van der Waals surface area contributed by atoms with Crippen LogP contribution in [0.5, 0.6) is 0 Å². The van der Waals surface area contributed by atoms with E-state index in [9.17, 15) is 13.2 Å². The standard InChI is InChI=1S/C9H11F3N4S/c1-5-2-15-8(16-3-5)17-4-6(7(13)14)9(10,11)12/h2-3,6H,4H2,1H3,(H3,13,14). The van der Waals surface area contributed by atoms with Crippen molar-refractivity contribution in [3.63, 3.8) is 0 Å². The number of amidine groups is 1. The number of rotatable bonds is 4. The zero-order chi connectivity index (χ0) is 13.1.